The van der Waals surface area contributed by atoms with Crippen LogP contribution in [0.15, 0.2) is 63.5 Å². The Hall–Kier alpha value is -2.93. The van der Waals surface area contributed by atoms with Crippen molar-refractivity contribution in [3.63, 3.8) is 0 Å². The van der Waals surface area contributed by atoms with E-state index >= 15 is 0 Å². The third kappa shape index (κ3) is 3.77. The van der Waals surface area contributed by atoms with E-state index < -0.39 is 4.92 Å². The van der Waals surface area contributed by atoms with Gasteiger partial charge in [-0.3, -0.25) is 14.9 Å². The molecule has 25 heavy (non-hydrogen) atoms. The van der Waals surface area contributed by atoms with E-state index in [0.29, 0.717) is 28.3 Å². The lowest BCUT2D eigenvalue weighted by atomic mass is 10.1. The van der Waals surface area contributed by atoms with Gasteiger partial charge in [0.05, 0.1) is 10.5 Å². The lowest BCUT2D eigenvalue weighted by Crippen LogP contribution is -2.11. The van der Waals surface area contributed by atoms with E-state index in [1.807, 2.05) is 12.1 Å². The highest BCUT2D eigenvalue weighted by Gasteiger charge is 2.17. The molecule has 3 rings (SSSR count). The number of carbonyl (C=O) groups excluding carboxylic acids is 1. The number of non-ortho nitro benzene ring substituents is 1. The molecule has 0 radical (unpaired) electrons. The number of hydrogen-bond donors (Lipinski definition) is 1. The first kappa shape index (κ1) is 16.9. The van der Waals surface area contributed by atoms with Crippen molar-refractivity contribution in [2.45, 2.75) is 6.92 Å². The van der Waals surface area contributed by atoms with Crippen LogP contribution < -0.4 is 5.32 Å². The summed E-state index contributed by atoms with van der Waals surface area (Å²) in [6.45, 7) is 1.68. The van der Waals surface area contributed by atoms with E-state index in [-0.39, 0.29) is 11.6 Å². The molecule has 0 unspecified atom stereocenters. The van der Waals surface area contributed by atoms with Gasteiger partial charge in [-0.05, 0) is 37.3 Å². The summed E-state index contributed by atoms with van der Waals surface area (Å²) in [5.74, 6) is 0.540. The fourth-order valence-corrected chi connectivity index (χ4v) is 2.62. The van der Waals surface area contributed by atoms with Crippen molar-refractivity contribution in [3.05, 3.63) is 80.5 Å². The minimum atomic E-state index is -0.472. The summed E-state index contributed by atoms with van der Waals surface area (Å²) in [4.78, 5) is 22.9. The molecule has 2 aromatic carbocycles. The molecule has 0 atom stereocenters. The predicted octanol–water partition coefficient (Wildman–Crippen LogP) is 5.18. The molecule has 1 amide bonds. The quantitative estimate of drug-likeness (QED) is 0.482. The van der Waals surface area contributed by atoms with Crippen LogP contribution >= 0.6 is 15.9 Å². The van der Waals surface area contributed by atoms with Crippen LogP contribution in [-0.4, -0.2) is 10.8 Å². The van der Waals surface area contributed by atoms with Crippen molar-refractivity contribution in [2.75, 3.05) is 5.32 Å². The van der Waals surface area contributed by atoms with Gasteiger partial charge in [0.2, 0.25) is 0 Å². The highest BCUT2D eigenvalue weighted by molar-refractivity contribution is 9.10. The number of furan rings is 1. The van der Waals surface area contributed by atoms with Crippen molar-refractivity contribution < 1.29 is 14.1 Å². The van der Waals surface area contributed by atoms with Gasteiger partial charge in [-0.15, -0.1) is 0 Å². The molecule has 0 saturated heterocycles. The summed E-state index contributed by atoms with van der Waals surface area (Å²) in [5, 5.41) is 13.7. The van der Waals surface area contributed by atoms with Gasteiger partial charge >= 0.3 is 0 Å². The molecule has 1 aromatic heterocycles. The molecular formula is C18H13BrN2O4. The summed E-state index contributed by atoms with van der Waals surface area (Å²) in [5.41, 5.74) is 1.54. The monoisotopic (exact) mass is 400 g/mol. The smallest absolute Gasteiger partial charge is 0.270 e. The molecule has 0 bridgehead atoms. The SMILES string of the molecule is Cc1oc(-c2cccc([N+](=O)[O-])c2)cc1C(=O)Nc1ccc(Br)cc1. The highest BCUT2D eigenvalue weighted by atomic mass is 79.9. The molecule has 0 aliphatic heterocycles. The van der Waals surface area contributed by atoms with Crippen LogP contribution in [0.5, 0.6) is 0 Å². The molecular weight excluding hydrogens is 388 g/mol. The van der Waals surface area contributed by atoms with Gasteiger partial charge in [-0.1, -0.05) is 28.1 Å². The second-order valence-corrected chi connectivity index (χ2v) is 6.26. The number of nitro benzene ring substituents is 1. The normalized spacial score (nSPS) is 10.5. The molecule has 0 aliphatic carbocycles. The summed E-state index contributed by atoms with van der Waals surface area (Å²) in [6.07, 6.45) is 0. The number of benzene rings is 2. The summed E-state index contributed by atoms with van der Waals surface area (Å²) >= 11 is 3.34. The largest absolute Gasteiger partial charge is 0.461 e. The Morgan fingerprint density at radius 2 is 1.88 bits per heavy atom. The van der Waals surface area contributed by atoms with Crippen molar-refractivity contribution in [2.24, 2.45) is 0 Å². The number of halogens is 1. The maximum absolute atomic E-state index is 12.4. The Kier molecular flexibility index (Phi) is 4.67. The van der Waals surface area contributed by atoms with Crippen LogP contribution in [-0.2, 0) is 0 Å². The molecule has 3 aromatic rings. The van der Waals surface area contributed by atoms with Crippen LogP contribution in [0.25, 0.3) is 11.3 Å². The van der Waals surface area contributed by atoms with E-state index in [0.717, 1.165) is 4.47 Å². The molecule has 6 nitrogen and oxygen atoms in total. The number of rotatable bonds is 4. The number of nitrogens with one attached hydrogen (secondary N) is 1. The zero-order chi connectivity index (χ0) is 18.0. The molecule has 126 valence electrons. The lowest BCUT2D eigenvalue weighted by molar-refractivity contribution is -0.384. The molecule has 0 fully saturated rings. The number of hydrogen-bond acceptors (Lipinski definition) is 4. The standard InChI is InChI=1S/C18H13BrN2O4/c1-11-16(18(22)20-14-7-5-13(19)6-8-14)10-17(25-11)12-3-2-4-15(9-12)21(23)24/h2-10H,1H3,(H,20,22). The first-order valence-corrected chi connectivity index (χ1v) is 8.15. The zero-order valence-electron chi connectivity index (χ0n) is 13.2. The Morgan fingerprint density at radius 1 is 1.16 bits per heavy atom. The maximum atomic E-state index is 12.4. The summed E-state index contributed by atoms with van der Waals surface area (Å²) in [6, 6.07) is 14.9. The average Bonchev–Trinajstić information content (AvgIpc) is 2.99. The minimum absolute atomic E-state index is 0.0348. The van der Waals surface area contributed by atoms with Gasteiger partial charge in [-0.25, -0.2) is 0 Å². The second-order valence-electron chi connectivity index (χ2n) is 5.35. The van der Waals surface area contributed by atoms with Crippen molar-refractivity contribution in [1.29, 1.82) is 0 Å². The summed E-state index contributed by atoms with van der Waals surface area (Å²) in [7, 11) is 0. The Labute approximate surface area is 151 Å². The Morgan fingerprint density at radius 3 is 2.56 bits per heavy atom. The number of nitro groups is 1. The van der Waals surface area contributed by atoms with E-state index in [9.17, 15) is 14.9 Å². The lowest BCUT2D eigenvalue weighted by Gasteiger charge is -2.03. The van der Waals surface area contributed by atoms with Gasteiger partial charge in [-0.2, -0.15) is 0 Å². The van der Waals surface area contributed by atoms with Crippen LogP contribution in [0.2, 0.25) is 0 Å². The number of nitrogens with zero attached hydrogens (tertiary/aromatic N) is 1. The summed E-state index contributed by atoms with van der Waals surface area (Å²) < 4.78 is 6.54. The van der Waals surface area contributed by atoms with E-state index in [1.165, 1.54) is 12.1 Å². The van der Waals surface area contributed by atoms with Crippen molar-refractivity contribution >= 4 is 33.2 Å². The van der Waals surface area contributed by atoms with Gasteiger partial charge < -0.3 is 9.73 Å². The molecule has 1 N–H and O–H groups in total. The highest BCUT2D eigenvalue weighted by Crippen LogP contribution is 2.28. The van der Waals surface area contributed by atoms with Crippen LogP contribution in [0, 0.1) is 17.0 Å². The van der Waals surface area contributed by atoms with Gasteiger partial charge in [0.25, 0.3) is 11.6 Å². The first-order valence-electron chi connectivity index (χ1n) is 7.36. The van der Waals surface area contributed by atoms with Gasteiger partial charge in [0.1, 0.15) is 11.5 Å². The van der Waals surface area contributed by atoms with Gasteiger partial charge in [0, 0.05) is 27.9 Å². The van der Waals surface area contributed by atoms with Crippen molar-refractivity contribution in [1.82, 2.24) is 0 Å². The minimum Gasteiger partial charge on any atom is -0.461 e. The maximum Gasteiger partial charge on any atom is 0.270 e. The number of anilines is 1. The molecule has 0 aliphatic rings. The average molecular weight is 401 g/mol. The topological polar surface area (TPSA) is 85.4 Å². The number of carbonyl (C=O) groups is 1. The van der Waals surface area contributed by atoms with Crippen molar-refractivity contribution in [3.8, 4) is 11.3 Å². The molecule has 0 saturated carbocycles. The third-order valence-corrected chi connectivity index (χ3v) is 4.13. The van der Waals surface area contributed by atoms with Crippen LogP contribution in [0.3, 0.4) is 0 Å². The molecule has 1 heterocycles. The molecule has 0 spiro atoms. The molecule has 7 heteroatoms. The van der Waals surface area contributed by atoms with E-state index in [4.69, 9.17) is 4.42 Å². The van der Waals surface area contributed by atoms with Gasteiger partial charge in [0.15, 0.2) is 0 Å². The van der Waals surface area contributed by atoms with Crippen LogP contribution in [0.4, 0.5) is 11.4 Å². The predicted molar refractivity (Wildman–Crippen MR) is 97.6 cm³/mol. The zero-order valence-corrected chi connectivity index (χ0v) is 14.7. The van der Waals surface area contributed by atoms with E-state index in [2.05, 4.69) is 21.2 Å². The number of amides is 1. The number of aryl methyl sites for hydroxylation is 1. The fourth-order valence-electron chi connectivity index (χ4n) is 2.35. The first-order chi connectivity index (χ1) is 11.9. The van der Waals surface area contributed by atoms with E-state index in [1.54, 1.807) is 37.3 Å². The Bertz CT molecular complexity index is 948. The second kappa shape index (κ2) is 6.90. The fraction of sp³-hybridized carbons (Fsp3) is 0.0556. The Balaban J connectivity index is 1.87. The van der Waals surface area contributed by atoms with Crippen LogP contribution in [0.1, 0.15) is 16.1 Å². The third-order valence-electron chi connectivity index (χ3n) is 3.61.